The first-order valence-electron chi connectivity index (χ1n) is 6.25. The Hall–Kier alpha value is -1.85. The summed E-state index contributed by atoms with van der Waals surface area (Å²) in [6.07, 6.45) is 1.84. The number of benzene rings is 1. The van der Waals surface area contributed by atoms with Gasteiger partial charge < -0.3 is 19.9 Å². The zero-order valence-electron chi connectivity index (χ0n) is 10.3. The number of carboxylic acid groups (broad SMARTS) is 1. The molecular weight excluding hydrogens is 246 g/mol. The molecule has 0 aliphatic heterocycles. The van der Waals surface area contributed by atoms with E-state index in [2.05, 4.69) is 5.32 Å². The van der Waals surface area contributed by atoms with Gasteiger partial charge in [0.05, 0.1) is 6.61 Å². The minimum atomic E-state index is -1.07. The van der Waals surface area contributed by atoms with Crippen molar-refractivity contribution in [2.24, 2.45) is 0 Å². The highest BCUT2D eigenvalue weighted by atomic mass is 16.4. The van der Waals surface area contributed by atoms with Crippen LogP contribution in [0.15, 0.2) is 28.7 Å². The number of aliphatic hydroxyl groups excluding tert-OH is 1. The van der Waals surface area contributed by atoms with Crippen molar-refractivity contribution < 1.29 is 19.4 Å². The quantitative estimate of drug-likeness (QED) is 0.763. The van der Waals surface area contributed by atoms with Gasteiger partial charge in [-0.3, -0.25) is 0 Å². The number of hydrogen-bond acceptors (Lipinski definition) is 4. The van der Waals surface area contributed by atoms with Crippen LogP contribution in [0.4, 0.5) is 0 Å². The van der Waals surface area contributed by atoms with Crippen LogP contribution in [0.2, 0.25) is 0 Å². The first kappa shape index (κ1) is 12.2. The lowest BCUT2D eigenvalue weighted by atomic mass is 10.1. The van der Waals surface area contributed by atoms with Crippen molar-refractivity contribution in [1.82, 2.24) is 5.32 Å². The predicted molar refractivity (Wildman–Crippen MR) is 69.1 cm³/mol. The molecule has 19 heavy (non-hydrogen) atoms. The normalized spacial score (nSPS) is 16.7. The van der Waals surface area contributed by atoms with Gasteiger partial charge in [0, 0.05) is 23.0 Å². The van der Waals surface area contributed by atoms with Crippen LogP contribution >= 0.6 is 0 Å². The SMILES string of the molecule is O=C(O)c1oc2ccccc2c1CNC1(CO)CC1. The number of rotatable bonds is 5. The van der Waals surface area contributed by atoms with Gasteiger partial charge in [-0.2, -0.15) is 0 Å². The van der Waals surface area contributed by atoms with Gasteiger partial charge in [0.2, 0.25) is 5.76 Å². The minimum absolute atomic E-state index is 0.0255. The van der Waals surface area contributed by atoms with Crippen LogP contribution < -0.4 is 5.32 Å². The molecule has 100 valence electrons. The largest absolute Gasteiger partial charge is 0.475 e. The number of aliphatic hydroxyl groups is 1. The molecule has 3 rings (SSSR count). The Morgan fingerprint density at radius 3 is 2.74 bits per heavy atom. The fraction of sp³-hybridized carbons (Fsp3) is 0.357. The van der Waals surface area contributed by atoms with Crippen molar-refractivity contribution >= 4 is 16.9 Å². The van der Waals surface area contributed by atoms with Crippen molar-refractivity contribution in [3.63, 3.8) is 0 Å². The van der Waals surface area contributed by atoms with E-state index >= 15 is 0 Å². The Kier molecular flexibility index (Phi) is 2.80. The fourth-order valence-electron chi connectivity index (χ4n) is 2.26. The van der Waals surface area contributed by atoms with E-state index in [0.29, 0.717) is 17.7 Å². The van der Waals surface area contributed by atoms with Gasteiger partial charge >= 0.3 is 5.97 Å². The maximum atomic E-state index is 11.2. The minimum Gasteiger partial charge on any atom is -0.475 e. The smallest absolute Gasteiger partial charge is 0.372 e. The average Bonchev–Trinajstić information content (AvgIpc) is 3.10. The highest BCUT2D eigenvalue weighted by Crippen LogP contribution is 2.35. The number of carbonyl (C=O) groups is 1. The highest BCUT2D eigenvalue weighted by molar-refractivity contribution is 5.95. The van der Waals surface area contributed by atoms with Gasteiger partial charge in [-0.05, 0) is 18.9 Å². The first-order chi connectivity index (χ1) is 9.15. The van der Waals surface area contributed by atoms with Gasteiger partial charge in [0.1, 0.15) is 5.58 Å². The summed E-state index contributed by atoms with van der Waals surface area (Å²) in [5, 5.41) is 22.5. The van der Waals surface area contributed by atoms with Crippen molar-refractivity contribution in [3.8, 4) is 0 Å². The summed E-state index contributed by atoms with van der Waals surface area (Å²) < 4.78 is 5.38. The number of fused-ring (bicyclic) bond motifs is 1. The molecule has 0 atom stereocenters. The van der Waals surface area contributed by atoms with E-state index in [0.717, 1.165) is 18.2 Å². The number of furan rings is 1. The summed E-state index contributed by atoms with van der Waals surface area (Å²) in [6.45, 7) is 0.463. The van der Waals surface area contributed by atoms with E-state index in [-0.39, 0.29) is 17.9 Å². The second-order valence-corrected chi connectivity index (χ2v) is 5.00. The van der Waals surface area contributed by atoms with Crippen LogP contribution in [0.5, 0.6) is 0 Å². The molecule has 1 aromatic carbocycles. The molecule has 2 aromatic rings. The Morgan fingerprint density at radius 1 is 1.37 bits per heavy atom. The van der Waals surface area contributed by atoms with Crippen LogP contribution in [0.25, 0.3) is 11.0 Å². The summed E-state index contributed by atoms with van der Waals surface area (Å²) in [6, 6.07) is 7.27. The van der Waals surface area contributed by atoms with Gasteiger partial charge in [-0.15, -0.1) is 0 Å². The van der Waals surface area contributed by atoms with Crippen LogP contribution in [0, 0.1) is 0 Å². The maximum Gasteiger partial charge on any atom is 0.372 e. The lowest BCUT2D eigenvalue weighted by Crippen LogP contribution is -2.34. The second kappa shape index (κ2) is 4.36. The Bertz CT molecular complexity index is 627. The molecule has 1 aliphatic rings. The molecular formula is C14H15NO4. The van der Waals surface area contributed by atoms with E-state index in [1.165, 1.54) is 0 Å². The molecule has 0 amide bonds. The third-order valence-electron chi connectivity index (χ3n) is 3.69. The summed E-state index contributed by atoms with van der Waals surface area (Å²) in [5.74, 6) is -1.09. The number of carboxylic acids is 1. The van der Waals surface area contributed by atoms with Crippen LogP contribution in [0.1, 0.15) is 29.0 Å². The molecule has 1 heterocycles. The Morgan fingerprint density at radius 2 is 2.11 bits per heavy atom. The summed E-state index contributed by atoms with van der Waals surface area (Å²) >= 11 is 0. The first-order valence-corrected chi connectivity index (χ1v) is 6.25. The molecule has 0 radical (unpaired) electrons. The highest BCUT2D eigenvalue weighted by Gasteiger charge is 2.41. The molecule has 1 saturated carbocycles. The maximum absolute atomic E-state index is 11.2. The Balaban J connectivity index is 1.95. The van der Waals surface area contributed by atoms with Crippen molar-refractivity contribution in [2.45, 2.75) is 24.9 Å². The third-order valence-corrected chi connectivity index (χ3v) is 3.69. The van der Waals surface area contributed by atoms with Crippen LogP contribution in [-0.2, 0) is 6.54 Å². The van der Waals surface area contributed by atoms with Crippen molar-refractivity contribution in [1.29, 1.82) is 0 Å². The molecule has 1 aromatic heterocycles. The van der Waals surface area contributed by atoms with Crippen molar-refractivity contribution in [2.75, 3.05) is 6.61 Å². The molecule has 0 bridgehead atoms. The van der Waals surface area contributed by atoms with Crippen molar-refractivity contribution in [3.05, 3.63) is 35.6 Å². The number of nitrogens with one attached hydrogen (secondary N) is 1. The molecule has 0 saturated heterocycles. The monoisotopic (exact) mass is 261 g/mol. The molecule has 1 fully saturated rings. The van der Waals surface area contributed by atoms with Crippen LogP contribution in [-0.4, -0.2) is 28.3 Å². The second-order valence-electron chi connectivity index (χ2n) is 5.00. The van der Waals surface area contributed by atoms with E-state index in [9.17, 15) is 15.0 Å². The average molecular weight is 261 g/mol. The topological polar surface area (TPSA) is 82.7 Å². The van der Waals surface area contributed by atoms with E-state index in [1.54, 1.807) is 6.07 Å². The summed E-state index contributed by atoms with van der Waals surface area (Å²) in [5.41, 5.74) is 0.988. The van der Waals surface area contributed by atoms with Gasteiger partial charge in [0.15, 0.2) is 0 Å². The zero-order chi connectivity index (χ0) is 13.5. The Labute approximate surface area is 109 Å². The van der Waals surface area contributed by atoms with E-state index in [4.69, 9.17) is 4.42 Å². The molecule has 1 aliphatic carbocycles. The number of hydrogen-bond donors (Lipinski definition) is 3. The molecule has 0 unspecified atom stereocenters. The number of para-hydroxylation sites is 1. The van der Waals surface area contributed by atoms with Gasteiger partial charge in [-0.25, -0.2) is 4.79 Å². The van der Waals surface area contributed by atoms with Crippen LogP contribution in [0.3, 0.4) is 0 Å². The molecule has 3 N–H and O–H groups in total. The zero-order valence-corrected chi connectivity index (χ0v) is 10.3. The van der Waals surface area contributed by atoms with E-state index < -0.39 is 5.97 Å². The summed E-state index contributed by atoms with van der Waals surface area (Å²) in [7, 11) is 0. The lowest BCUT2D eigenvalue weighted by molar-refractivity contribution is 0.0663. The molecule has 5 nitrogen and oxygen atoms in total. The predicted octanol–water partition coefficient (Wildman–Crippen LogP) is 1.75. The molecule has 0 spiro atoms. The summed E-state index contributed by atoms with van der Waals surface area (Å²) in [4.78, 5) is 11.2. The van der Waals surface area contributed by atoms with Gasteiger partial charge in [-0.1, -0.05) is 18.2 Å². The molecule has 5 heteroatoms. The van der Waals surface area contributed by atoms with E-state index in [1.807, 2.05) is 18.2 Å². The fourth-order valence-corrected chi connectivity index (χ4v) is 2.26. The van der Waals surface area contributed by atoms with Gasteiger partial charge in [0.25, 0.3) is 0 Å². The number of aromatic carboxylic acids is 1. The lowest BCUT2D eigenvalue weighted by Gasteiger charge is -2.13. The standard InChI is InChI=1S/C14H15NO4/c16-8-14(5-6-14)15-7-10-9-3-1-2-4-11(9)19-12(10)13(17)18/h1-4,15-16H,5-8H2,(H,17,18). The third kappa shape index (κ3) is 2.11.